The van der Waals surface area contributed by atoms with Crippen LogP contribution < -0.4 is 0 Å². The van der Waals surface area contributed by atoms with E-state index in [1.54, 1.807) is 0 Å². The molecule has 0 aliphatic carbocycles. The van der Waals surface area contributed by atoms with Crippen molar-refractivity contribution in [1.82, 2.24) is 4.57 Å². The highest BCUT2D eigenvalue weighted by molar-refractivity contribution is 6.32. The number of nitrogens with zero attached hydrogens (tertiary/aromatic N) is 1. The average Bonchev–Trinajstić information content (AvgIpc) is 2.95. The summed E-state index contributed by atoms with van der Waals surface area (Å²) in [7, 11) is 0. The maximum absolute atomic E-state index is 14.1. The minimum atomic E-state index is -6.56. The molecule has 1 aromatic heterocycles. The molecule has 0 radical (unpaired) electrons. The highest BCUT2D eigenvalue weighted by Gasteiger charge is 2.73. The van der Waals surface area contributed by atoms with Crippen LogP contribution in [0.5, 0.6) is 0 Å². The molecule has 0 fully saturated rings. The van der Waals surface area contributed by atoms with E-state index >= 15 is 0 Å². The Labute approximate surface area is 143 Å². The number of rotatable bonds is 2. The summed E-state index contributed by atoms with van der Waals surface area (Å²) in [5.41, 5.74) is -11.2. The lowest BCUT2D eigenvalue weighted by Gasteiger charge is -2.31. The minimum absolute atomic E-state index is 0.118. The number of hydrogen-bond acceptors (Lipinski definition) is 0. The molecule has 0 saturated carbocycles. The lowest BCUT2D eigenvalue weighted by Crippen LogP contribution is -2.50. The fourth-order valence-electron chi connectivity index (χ4n) is 2.25. The monoisotopic (exact) mass is 413 g/mol. The first-order valence-electron chi connectivity index (χ1n) is 6.47. The lowest BCUT2D eigenvalue weighted by molar-refractivity contribution is -0.348. The van der Waals surface area contributed by atoms with Crippen molar-refractivity contribution in [2.75, 3.05) is 0 Å². The Balaban J connectivity index is 2.87. The lowest BCUT2D eigenvalue weighted by atomic mass is 9.91. The first-order chi connectivity index (χ1) is 11.6. The summed E-state index contributed by atoms with van der Waals surface area (Å²) in [6, 6.07) is 1.83. The van der Waals surface area contributed by atoms with Gasteiger partial charge < -0.3 is 4.57 Å². The van der Waals surface area contributed by atoms with Crippen molar-refractivity contribution in [2.24, 2.45) is 0 Å². The summed E-state index contributed by atoms with van der Waals surface area (Å²) in [4.78, 5) is 0. The molecule has 1 aromatic carbocycles. The largest absolute Gasteiger partial charge is 0.435 e. The number of hydrogen-bond donors (Lipinski definition) is 0. The third-order valence-corrected chi connectivity index (χ3v) is 3.70. The topological polar surface area (TPSA) is 4.93 Å². The molecule has 0 spiro atoms. The van der Waals surface area contributed by atoms with Crippen LogP contribution in [0.2, 0.25) is 5.02 Å². The van der Waals surface area contributed by atoms with Gasteiger partial charge in [0.05, 0.1) is 16.3 Å². The van der Waals surface area contributed by atoms with E-state index in [2.05, 4.69) is 0 Å². The van der Waals surface area contributed by atoms with Gasteiger partial charge in [-0.05, 0) is 24.3 Å². The Morgan fingerprint density at radius 2 is 1.19 bits per heavy atom. The van der Waals surface area contributed by atoms with E-state index in [1.165, 1.54) is 12.1 Å². The second-order valence-corrected chi connectivity index (χ2v) is 5.50. The molecular weight excluding hydrogens is 408 g/mol. The SMILES string of the molecule is FC(F)(F)c1cc(C(F)(C(F)(F)F)C(F)(F)F)cc(Cl)c1-n1cccc1. The van der Waals surface area contributed by atoms with Crippen molar-refractivity contribution in [2.45, 2.75) is 24.2 Å². The molecule has 0 aliphatic rings. The van der Waals surface area contributed by atoms with Crippen LogP contribution in [0, 0.1) is 0 Å². The number of benzene rings is 1. The Morgan fingerprint density at radius 1 is 0.731 bits per heavy atom. The Bertz CT molecular complexity index is 772. The summed E-state index contributed by atoms with van der Waals surface area (Å²) >= 11 is 5.52. The predicted octanol–water partition coefficient (Wildman–Crippen LogP) is 6.44. The molecule has 1 heterocycles. The van der Waals surface area contributed by atoms with E-state index in [0.717, 1.165) is 17.0 Å². The van der Waals surface area contributed by atoms with Crippen molar-refractivity contribution in [1.29, 1.82) is 0 Å². The van der Waals surface area contributed by atoms with Gasteiger partial charge >= 0.3 is 24.2 Å². The highest BCUT2D eigenvalue weighted by atomic mass is 35.5. The molecule has 0 aliphatic heterocycles. The molecule has 26 heavy (non-hydrogen) atoms. The van der Waals surface area contributed by atoms with Crippen LogP contribution in [-0.2, 0) is 11.8 Å². The minimum Gasteiger partial charge on any atom is -0.322 e. The Hall–Kier alpha value is -1.91. The Morgan fingerprint density at radius 3 is 1.58 bits per heavy atom. The van der Waals surface area contributed by atoms with Crippen molar-refractivity contribution < 1.29 is 43.9 Å². The van der Waals surface area contributed by atoms with Gasteiger partial charge in [-0.3, -0.25) is 0 Å². The normalized spacial score (nSPS) is 14.0. The van der Waals surface area contributed by atoms with Gasteiger partial charge in [0.15, 0.2) is 0 Å². The van der Waals surface area contributed by atoms with E-state index in [-0.39, 0.29) is 6.07 Å². The third-order valence-electron chi connectivity index (χ3n) is 3.41. The summed E-state index contributed by atoms with van der Waals surface area (Å²) < 4.78 is 131. The molecule has 2 rings (SSSR count). The van der Waals surface area contributed by atoms with E-state index < -0.39 is 52.1 Å². The molecule has 0 amide bonds. The average molecular weight is 414 g/mol. The first kappa shape index (κ1) is 20.4. The van der Waals surface area contributed by atoms with Crippen LogP contribution in [-0.4, -0.2) is 16.9 Å². The molecule has 1 nitrogen and oxygen atoms in total. The fourth-order valence-corrected chi connectivity index (χ4v) is 2.57. The molecule has 2 aromatic rings. The van der Waals surface area contributed by atoms with Crippen LogP contribution in [0.25, 0.3) is 5.69 Å². The molecule has 12 heteroatoms. The Kier molecular flexibility index (Phi) is 4.76. The van der Waals surface area contributed by atoms with Crippen LogP contribution in [0.3, 0.4) is 0 Å². The van der Waals surface area contributed by atoms with Crippen LogP contribution in [0.4, 0.5) is 43.9 Å². The van der Waals surface area contributed by atoms with Gasteiger partial charge in [0.2, 0.25) is 0 Å². The molecule has 0 unspecified atom stereocenters. The van der Waals surface area contributed by atoms with E-state index in [1.807, 2.05) is 0 Å². The zero-order chi connectivity index (χ0) is 20.1. The quantitative estimate of drug-likeness (QED) is 0.499. The van der Waals surface area contributed by atoms with Gasteiger partial charge in [-0.2, -0.15) is 39.5 Å². The number of aromatic nitrogens is 1. The van der Waals surface area contributed by atoms with E-state index in [9.17, 15) is 43.9 Å². The van der Waals surface area contributed by atoms with Gasteiger partial charge in [0.25, 0.3) is 0 Å². The maximum Gasteiger partial charge on any atom is 0.435 e. The summed E-state index contributed by atoms with van der Waals surface area (Å²) in [5, 5.41) is -1.14. The zero-order valence-electron chi connectivity index (χ0n) is 12.1. The van der Waals surface area contributed by atoms with E-state index in [4.69, 9.17) is 11.6 Å². The summed E-state index contributed by atoms with van der Waals surface area (Å²) in [5.74, 6) is 0. The van der Waals surface area contributed by atoms with Crippen LogP contribution in [0.15, 0.2) is 36.7 Å². The molecule has 0 bridgehead atoms. The van der Waals surface area contributed by atoms with Crippen LogP contribution >= 0.6 is 11.6 Å². The first-order valence-corrected chi connectivity index (χ1v) is 6.85. The van der Waals surface area contributed by atoms with Gasteiger partial charge in [0.1, 0.15) is 0 Å². The van der Waals surface area contributed by atoms with Crippen molar-refractivity contribution in [3.63, 3.8) is 0 Å². The summed E-state index contributed by atoms with van der Waals surface area (Å²) in [6.45, 7) is 0. The van der Waals surface area contributed by atoms with Gasteiger partial charge in [0, 0.05) is 18.0 Å². The van der Waals surface area contributed by atoms with Gasteiger partial charge in [-0.15, -0.1) is 0 Å². The molecule has 0 atom stereocenters. The van der Waals surface area contributed by atoms with Crippen molar-refractivity contribution in [3.8, 4) is 5.69 Å². The fraction of sp³-hybridized carbons (Fsp3) is 0.286. The maximum atomic E-state index is 14.1. The molecule has 0 saturated heterocycles. The standard InChI is InChI=1S/C14H6ClF10N/c15-9-6-7(11(16,13(20,21)22)14(23,24)25)5-8(12(17,18)19)10(9)26-3-1-2-4-26/h1-6H. The second-order valence-electron chi connectivity index (χ2n) is 5.10. The summed E-state index contributed by atoms with van der Waals surface area (Å²) in [6.07, 6.45) is -16.5. The molecule has 144 valence electrons. The molecule has 0 N–H and O–H groups in total. The number of halogens is 11. The molecular formula is C14H6ClF10N. The van der Waals surface area contributed by atoms with E-state index in [0.29, 0.717) is 0 Å². The number of alkyl halides is 10. The van der Waals surface area contributed by atoms with Gasteiger partial charge in [-0.1, -0.05) is 11.6 Å². The van der Waals surface area contributed by atoms with Gasteiger partial charge in [-0.25, -0.2) is 4.39 Å². The van der Waals surface area contributed by atoms with Crippen LogP contribution in [0.1, 0.15) is 11.1 Å². The zero-order valence-corrected chi connectivity index (χ0v) is 12.8. The predicted molar refractivity (Wildman–Crippen MR) is 70.7 cm³/mol. The van der Waals surface area contributed by atoms with Crippen molar-refractivity contribution in [3.05, 3.63) is 52.8 Å². The third kappa shape index (κ3) is 3.24. The highest BCUT2D eigenvalue weighted by Crippen LogP contribution is 2.54. The second kappa shape index (κ2) is 6.07. The van der Waals surface area contributed by atoms with Crippen molar-refractivity contribution >= 4 is 11.6 Å². The smallest absolute Gasteiger partial charge is 0.322 e.